The third-order valence-corrected chi connectivity index (χ3v) is 3.27. The Hall–Kier alpha value is -2.40. The van der Waals surface area contributed by atoms with Crippen molar-refractivity contribution in [1.29, 1.82) is 0 Å². The molecule has 0 aliphatic heterocycles. The number of nitrogens with one attached hydrogen (secondary N) is 1. The van der Waals surface area contributed by atoms with Crippen LogP contribution in [0, 0.1) is 0 Å². The number of carbonyl (C=O) groups excluding carboxylic acids is 1. The van der Waals surface area contributed by atoms with Crippen LogP contribution in [0.3, 0.4) is 0 Å². The number of carbonyl (C=O) groups is 1. The van der Waals surface area contributed by atoms with Crippen LogP contribution < -0.4 is 11.1 Å². The lowest BCUT2D eigenvalue weighted by atomic mass is 10.0. The van der Waals surface area contributed by atoms with E-state index in [-0.39, 0.29) is 17.7 Å². The van der Waals surface area contributed by atoms with Gasteiger partial charge in [0.25, 0.3) is 0 Å². The average Bonchev–Trinajstić information content (AvgIpc) is 2.50. The van der Waals surface area contributed by atoms with E-state index in [0.717, 1.165) is 11.1 Å². The summed E-state index contributed by atoms with van der Waals surface area (Å²) in [5.41, 5.74) is 7.76. The molecule has 21 heavy (non-hydrogen) atoms. The minimum atomic E-state index is -0.631. The van der Waals surface area contributed by atoms with Crippen molar-refractivity contribution in [2.75, 3.05) is 0 Å². The van der Waals surface area contributed by atoms with Crippen LogP contribution in [0.25, 0.3) is 0 Å². The zero-order valence-corrected chi connectivity index (χ0v) is 11.9. The summed E-state index contributed by atoms with van der Waals surface area (Å²) in [5, 5.41) is 12.1. The molecule has 110 valence electrons. The van der Waals surface area contributed by atoms with Gasteiger partial charge < -0.3 is 16.2 Å². The molecule has 0 saturated heterocycles. The number of aromatic nitrogens is 1. The quantitative estimate of drug-likeness (QED) is 0.777. The number of aromatic hydroxyl groups is 1. The summed E-state index contributed by atoms with van der Waals surface area (Å²) >= 11 is 0. The van der Waals surface area contributed by atoms with E-state index in [1.165, 1.54) is 0 Å². The van der Waals surface area contributed by atoms with Crippen molar-refractivity contribution in [2.45, 2.75) is 25.4 Å². The first-order valence-electron chi connectivity index (χ1n) is 6.80. The Morgan fingerprint density at radius 1 is 1.33 bits per heavy atom. The average molecular weight is 285 g/mol. The highest BCUT2D eigenvalue weighted by Crippen LogP contribution is 2.12. The van der Waals surface area contributed by atoms with Crippen LogP contribution in [-0.2, 0) is 11.2 Å². The smallest absolute Gasteiger partial charge is 0.237 e. The highest BCUT2D eigenvalue weighted by molar-refractivity contribution is 5.82. The molecule has 2 atom stereocenters. The second kappa shape index (κ2) is 6.85. The summed E-state index contributed by atoms with van der Waals surface area (Å²) < 4.78 is 0. The molecular weight excluding hydrogens is 266 g/mol. The molecule has 2 rings (SSSR count). The molecule has 5 heteroatoms. The monoisotopic (exact) mass is 285 g/mol. The third-order valence-electron chi connectivity index (χ3n) is 3.27. The van der Waals surface area contributed by atoms with Gasteiger partial charge >= 0.3 is 0 Å². The van der Waals surface area contributed by atoms with Crippen molar-refractivity contribution in [2.24, 2.45) is 5.73 Å². The maximum Gasteiger partial charge on any atom is 0.237 e. The molecule has 0 fully saturated rings. The molecule has 0 aliphatic rings. The molecule has 5 nitrogen and oxygen atoms in total. The summed E-state index contributed by atoms with van der Waals surface area (Å²) in [7, 11) is 0. The lowest BCUT2D eigenvalue weighted by Crippen LogP contribution is -2.42. The Labute approximate surface area is 123 Å². The van der Waals surface area contributed by atoms with Crippen molar-refractivity contribution in [1.82, 2.24) is 10.3 Å². The Balaban J connectivity index is 1.92. The van der Waals surface area contributed by atoms with E-state index in [9.17, 15) is 9.90 Å². The fourth-order valence-electron chi connectivity index (χ4n) is 2.01. The number of nitrogens with two attached hydrogens (primary N) is 1. The zero-order valence-electron chi connectivity index (χ0n) is 11.9. The summed E-state index contributed by atoms with van der Waals surface area (Å²) in [4.78, 5) is 16.1. The van der Waals surface area contributed by atoms with Crippen molar-refractivity contribution >= 4 is 5.91 Å². The van der Waals surface area contributed by atoms with Crippen molar-refractivity contribution in [3.8, 4) is 5.75 Å². The summed E-state index contributed by atoms with van der Waals surface area (Å²) in [6.45, 7) is 1.89. The van der Waals surface area contributed by atoms with E-state index >= 15 is 0 Å². The molecule has 1 heterocycles. The summed E-state index contributed by atoms with van der Waals surface area (Å²) in [6.07, 6.45) is 3.83. The molecule has 0 bridgehead atoms. The lowest BCUT2D eigenvalue weighted by Gasteiger charge is -2.17. The molecule has 1 aromatic carbocycles. The Kier molecular flexibility index (Phi) is 4.90. The van der Waals surface area contributed by atoms with E-state index in [1.54, 1.807) is 36.7 Å². The van der Waals surface area contributed by atoms with Crippen molar-refractivity contribution in [3.05, 3.63) is 59.9 Å². The maximum atomic E-state index is 12.1. The third kappa shape index (κ3) is 4.29. The van der Waals surface area contributed by atoms with E-state index in [1.807, 2.05) is 19.1 Å². The number of phenolic OH excluding ortho intramolecular Hbond substituents is 1. The first-order valence-corrected chi connectivity index (χ1v) is 6.80. The minimum absolute atomic E-state index is 0.142. The fraction of sp³-hybridized carbons (Fsp3) is 0.250. The van der Waals surface area contributed by atoms with Crippen LogP contribution in [0.15, 0.2) is 48.8 Å². The lowest BCUT2D eigenvalue weighted by molar-refractivity contribution is -0.123. The van der Waals surface area contributed by atoms with Crippen LogP contribution in [0.4, 0.5) is 0 Å². The Bertz CT molecular complexity index is 584. The molecule has 2 unspecified atom stereocenters. The SMILES string of the molecule is CC(NC(=O)C(N)Cc1ccc(O)cc1)c1cccnc1. The van der Waals surface area contributed by atoms with E-state index < -0.39 is 6.04 Å². The first-order chi connectivity index (χ1) is 10.1. The number of hydrogen-bond acceptors (Lipinski definition) is 4. The van der Waals surface area contributed by atoms with E-state index in [2.05, 4.69) is 10.3 Å². The molecule has 2 aromatic rings. The van der Waals surface area contributed by atoms with Crippen LogP contribution in [0.2, 0.25) is 0 Å². The number of phenols is 1. The van der Waals surface area contributed by atoms with Crippen LogP contribution in [0.5, 0.6) is 5.75 Å². The van der Waals surface area contributed by atoms with Crippen molar-refractivity contribution < 1.29 is 9.90 Å². The molecule has 0 aliphatic carbocycles. The predicted molar refractivity (Wildman–Crippen MR) is 80.6 cm³/mol. The molecule has 1 aromatic heterocycles. The van der Waals surface area contributed by atoms with Gasteiger partial charge in [0, 0.05) is 12.4 Å². The number of nitrogens with zero attached hydrogens (tertiary/aromatic N) is 1. The van der Waals surface area contributed by atoms with Crippen LogP contribution in [-0.4, -0.2) is 22.0 Å². The molecule has 1 amide bonds. The molecule has 0 saturated carbocycles. The number of hydrogen-bond donors (Lipinski definition) is 3. The Morgan fingerprint density at radius 3 is 2.67 bits per heavy atom. The maximum absolute atomic E-state index is 12.1. The summed E-state index contributed by atoms with van der Waals surface area (Å²) in [6, 6.07) is 9.64. The zero-order chi connectivity index (χ0) is 15.2. The van der Waals surface area contributed by atoms with E-state index in [4.69, 9.17) is 5.73 Å². The van der Waals surface area contributed by atoms with Gasteiger partial charge in [0.1, 0.15) is 5.75 Å². The predicted octanol–water partition coefficient (Wildman–Crippen LogP) is 1.53. The standard InChI is InChI=1S/C16H19N3O2/c1-11(13-3-2-8-18-10-13)19-16(21)15(17)9-12-4-6-14(20)7-5-12/h2-8,10-11,15,20H,9,17H2,1H3,(H,19,21). The topological polar surface area (TPSA) is 88.2 Å². The highest BCUT2D eigenvalue weighted by atomic mass is 16.3. The largest absolute Gasteiger partial charge is 0.508 e. The molecule has 4 N–H and O–H groups in total. The second-order valence-electron chi connectivity index (χ2n) is 4.99. The number of rotatable bonds is 5. The van der Waals surface area contributed by atoms with Gasteiger partial charge in [0.2, 0.25) is 5.91 Å². The van der Waals surface area contributed by atoms with Crippen molar-refractivity contribution in [3.63, 3.8) is 0 Å². The van der Waals surface area contributed by atoms with E-state index in [0.29, 0.717) is 6.42 Å². The second-order valence-corrected chi connectivity index (χ2v) is 4.99. The summed E-state index contributed by atoms with van der Waals surface area (Å²) in [5.74, 6) is -0.0126. The van der Waals surface area contributed by atoms with Gasteiger partial charge in [-0.15, -0.1) is 0 Å². The van der Waals surface area contributed by atoms with Gasteiger partial charge in [0.15, 0.2) is 0 Å². The molecule has 0 spiro atoms. The van der Waals surface area contributed by atoms with Gasteiger partial charge in [0.05, 0.1) is 12.1 Å². The molecular formula is C16H19N3O2. The van der Waals surface area contributed by atoms with Crippen LogP contribution >= 0.6 is 0 Å². The number of benzene rings is 1. The van der Waals surface area contributed by atoms with Gasteiger partial charge in [-0.25, -0.2) is 0 Å². The minimum Gasteiger partial charge on any atom is -0.508 e. The molecule has 0 radical (unpaired) electrons. The van der Waals surface area contributed by atoms with Gasteiger partial charge in [-0.05, 0) is 42.7 Å². The fourth-order valence-corrected chi connectivity index (χ4v) is 2.01. The number of pyridine rings is 1. The normalized spacial score (nSPS) is 13.4. The van der Waals surface area contributed by atoms with Gasteiger partial charge in [-0.3, -0.25) is 9.78 Å². The van der Waals surface area contributed by atoms with Crippen LogP contribution in [0.1, 0.15) is 24.1 Å². The number of amides is 1. The first kappa shape index (κ1) is 15.0. The highest BCUT2D eigenvalue weighted by Gasteiger charge is 2.17. The van der Waals surface area contributed by atoms with Gasteiger partial charge in [-0.1, -0.05) is 18.2 Å². The van der Waals surface area contributed by atoms with Gasteiger partial charge in [-0.2, -0.15) is 0 Å². The Morgan fingerprint density at radius 2 is 2.05 bits per heavy atom.